The van der Waals surface area contributed by atoms with Crippen LogP contribution in [0.15, 0.2) is 30.5 Å². The number of benzene rings is 1. The smallest absolute Gasteiger partial charge is 0.249 e. The molecule has 0 saturated carbocycles. The highest BCUT2D eigenvalue weighted by atomic mass is 16.5. The van der Waals surface area contributed by atoms with Crippen LogP contribution in [-0.4, -0.2) is 76.9 Å². The van der Waals surface area contributed by atoms with Gasteiger partial charge >= 0.3 is 0 Å². The van der Waals surface area contributed by atoms with Crippen LogP contribution >= 0.6 is 0 Å². The topological polar surface area (TPSA) is 133 Å². The molecule has 3 aliphatic heterocycles. The minimum absolute atomic E-state index is 0.0757. The van der Waals surface area contributed by atoms with E-state index in [1.165, 1.54) is 0 Å². The van der Waals surface area contributed by atoms with Crippen molar-refractivity contribution < 1.29 is 23.9 Å². The van der Waals surface area contributed by atoms with Crippen LogP contribution in [0.4, 0.5) is 0 Å². The van der Waals surface area contributed by atoms with E-state index in [0.717, 1.165) is 35.7 Å². The van der Waals surface area contributed by atoms with Crippen molar-refractivity contribution >= 4 is 34.5 Å². The van der Waals surface area contributed by atoms with Crippen LogP contribution in [-0.2, 0) is 30.3 Å². The molecule has 4 heterocycles. The Morgan fingerprint density at radius 1 is 1.12 bits per heavy atom. The molecule has 3 saturated heterocycles. The molecule has 10 nitrogen and oxygen atoms in total. The normalized spacial score (nSPS) is 29.9. The quantitative estimate of drug-likeness (QED) is 0.442. The van der Waals surface area contributed by atoms with Gasteiger partial charge in [0.1, 0.15) is 18.2 Å². The number of carbonyl (C=O) groups is 4. The number of nitrogens with zero attached hydrogens (tertiary/aromatic N) is 1. The van der Waals surface area contributed by atoms with Crippen LogP contribution in [0.2, 0.25) is 0 Å². The number of fused-ring (bicyclic) bond motifs is 2. The zero-order valence-electron chi connectivity index (χ0n) is 24.3. The summed E-state index contributed by atoms with van der Waals surface area (Å²) in [6.45, 7) is 6.93. The zero-order valence-corrected chi connectivity index (χ0v) is 24.3. The van der Waals surface area contributed by atoms with E-state index in [0.29, 0.717) is 25.9 Å². The minimum Gasteiger partial charge on any atom is -0.368 e. The molecule has 5 rings (SSSR count). The lowest BCUT2D eigenvalue weighted by atomic mass is 9.92. The van der Waals surface area contributed by atoms with Crippen LogP contribution in [0.1, 0.15) is 64.9 Å². The number of rotatable bonds is 5. The van der Waals surface area contributed by atoms with Gasteiger partial charge in [-0.25, -0.2) is 0 Å². The fourth-order valence-corrected chi connectivity index (χ4v) is 6.42. The highest BCUT2D eigenvalue weighted by molar-refractivity contribution is 5.94. The molecule has 222 valence electrons. The third kappa shape index (κ3) is 6.74. The highest BCUT2D eigenvalue weighted by Crippen LogP contribution is 2.26. The number of ether oxygens (including phenoxy) is 1. The first-order chi connectivity index (χ1) is 19.7. The van der Waals surface area contributed by atoms with E-state index in [4.69, 9.17) is 4.74 Å². The third-order valence-electron chi connectivity index (χ3n) is 8.82. The summed E-state index contributed by atoms with van der Waals surface area (Å²) in [5.41, 5.74) is 1.87. The van der Waals surface area contributed by atoms with Crippen LogP contribution < -0.4 is 16.0 Å². The fourth-order valence-electron chi connectivity index (χ4n) is 6.42. The summed E-state index contributed by atoms with van der Waals surface area (Å²) < 4.78 is 5.55. The number of aromatic nitrogens is 1. The average molecular weight is 566 g/mol. The van der Waals surface area contributed by atoms with Crippen LogP contribution in [0, 0.1) is 11.8 Å². The molecule has 3 aliphatic rings. The average Bonchev–Trinajstić information content (AvgIpc) is 3.70. The Balaban J connectivity index is 1.44. The number of H-pyrrole nitrogens is 1. The van der Waals surface area contributed by atoms with Gasteiger partial charge in [0, 0.05) is 55.2 Å². The van der Waals surface area contributed by atoms with Gasteiger partial charge in [-0.2, -0.15) is 0 Å². The van der Waals surface area contributed by atoms with Crippen molar-refractivity contribution in [1.29, 1.82) is 0 Å². The Hall–Kier alpha value is -3.40. The largest absolute Gasteiger partial charge is 0.368 e. The van der Waals surface area contributed by atoms with Crippen molar-refractivity contribution in [2.45, 2.75) is 96.0 Å². The Kier molecular flexibility index (Phi) is 8.97. The number of hydrogen-bond acceptors (Lipinski definition) is 5. The summed E-state index contributed by atoms with van der Waals surface area (Å²) in [4.78, 5) is 58.9. The van der Waals surface area contributed by atoms with E-state index in [9.17, 15) is 19.2 Å². The van der Waals surface area contributed by atoms with Crippen molar-refractivity contribution in [3.05, 3.63) is 36.0 Å². The fraction of sp³-hybridized carbons (Fsp3) is 0.613. The lowest BCUT2D eigenvalue weighted by Gasteiger charge is -2.30. The summed E-state index contributed by atoms with van der Waals surface area (Å²) in [7, 11) is 0. The van der Waals surface area contributed by atoms with Gasteiger partial charge in [0.2, 0.25) is 23.6 Å². The minimum atomic E-state index is -0.849. The summed E-state index contributed by atoms with van der Waals surface area (Å²) >= 11 is 0. The van der Waals surface area contributed by atoms with Crippen molar-refractivity contribution in [2.75, 3.05) is 13.2 Å². The van der Waals surface area contributed by atoms with Crippen molar-refractivity contribution in [1.82, 2.24) is 25.8 Å². The monoisotopic (exact) mass is 565 g/mol. The highest BCUT2D eigenvalue weighted by Gasteiger charge is 2.44. The number of nitrogens with one attached hydrogen (secondary N) is 4. The Bertz CT molecular complexity index is 1270. The van der Waals surface area contributed by atoms with Gasteiger partial charge in [-0.3, -0.25) is 19.2 Å². The Labute approximate surface area is 241 Å². The van der Waals surface area contributed by atoms with E-state index in [1.807, 2.05) is 37.4 Å². The molecule has 1 aromatic carbocycles. The molecule has 6 atom stereocenters. The SMILES string of the molecule is CC(C)[C@@H]1CC[C@@H](C)CC(=O)N[C@H](Cc2c[nH]c3ccccc23)C(=O)N2C[C@H](NC(=O)[C@@H]3CCCO3)C[C@H]2C(=O)N1. The van der Waals surface area contributed by atoms with E-state index in [1.54, 1.807) is 4.90 Å². The maximum absolute atomic E-state index is 14.3. The van der Waals surface area contributed by atoms with Crippen molar-refractivity contribution in [2.24, 2.45) is 11.8 Å². The van der Waals surface area contributed by atoms with Crippen LogP contribution in [0.3, 0.4) is 0 Å². The molecule has 0 aliphatic carbocycles. The summed E-state index contributed by atoms with van der Waals surface area (Å²) in [5, 5.41) is 10.2. The molecule has 41 heavy (non-hydrogen) atoms. The number of aromatic amines is 1. The van der Waals surface area contributed by atoms with E-state index < -0.39 is 18.2 Å². The molecule has 0 unspecified atom stereocenters. The molecule has 0 bridgehead atoms. The molecular formula is C31H43N5O5. The third-order valence-corrected chi connectivity index (χ3v) is 8.82. The second-order valence-electron chi connectivity index (χ2n) is 12.4. The number of para-hydroxylation sites is 1. The van der Waals surface area contributed by atoms with Gasteiger partial charge in [0.25, 0.3) is 0 Å². The summed E-state index contributed by atoms with van der Waals surface area (Å²) in [6, 6.07) is 5.79. The maximum atomic E-state index is 14.3. The van der Waals surface area contributed by atoms with Gasteiger partial charge in [-0.05, 0) is 55.6 Å². The van der Waals surface area contributed by atoms with Gasteiger partial charge in [0.05, 0.1) is 0 Å². The lowest BCUT2D eigenvalue weighted by Crippen LogP contribution is -2.55. The predicted molar refractivity (Wildman–Crippen MR) is 155 cm³/mol. The van der Waals surface area contributed by atoms with Gasteiger partial charge < -0.3 is 30.6 Å². The maximum Gasteiger partial charge on any atom is 0.249 e. The molecule has 4 N–H and O–H groups in total. The van der Waals surface area contributed by atoms with Crippen LogP contribution in [0.5, 0.6) is 0 Å². The standard InChI is InChI=1S/C31H43N5O5/c1-18(2)23-11-10-19(3)13-28(37)34-25(14-20-16-32-24-8-5-4-7-22(20)24)31(40)36-17-21(15-26(36)29(38)35-23)33-30(39)27-9-6-12-41-27/h4-5,7-8,16,18-19,21,23,25-27,32H,6,9-15,17H2,1-3H3,(H,33,39)(H,34,37)(H,35,38)/t19-,21-,23+,25-,26+,27+/m1/s1. The predicted octanol–water partition coefficient (Wildman–Crippen LogP) is 2.42. The first-order valence-electron chi connectivity index (χ1n) is 15.1. The zero-order chi connectivity index (χ0) is 29.1. The van der Waals surface area contributed by atoms with Crippen molar-refractivity contribution in [3.8, 4) is 0 Å². The molecule has 0 radical (unpaired) electrons. The molecule has 10 heteroatoms. The summed E-state index contributed by atoms with van der Waals surface area (Å²) in [6.07, 6.45) is 5.32. The molecular weight excluding hydrogens is 522 g/mol. The van der Waals surface area contributed by atoms with E-state index >= 15 is 0 Å². The van der Waals surface area contributed by atoms with Crippen LogP contribution in [0.25, 0.3) is 10.9 Å². The van der Waals surface area contributed by atoms with Gasteiger partial charge in [-0.1, -0.05) is 39.0 Å². The molecule has 3 fully saturated rings. The molecule has 1 aromatic heterocycles. The molecule has 2 aromatic rings. The summed E-state index contributed by atoms with van der Waals surface area (Å²) in [5.74, 6) is -0.599. The van der Waals surface area contributed by atoms with Crippen molar-refractivity contribution in [3.63, 3.8) is 0 Å². The Morgan fingerprint density at radius 2 is 1.93 bits per heavy atom. The number of amides is 4. The first kappa shape index (κ1) is 29.1. The number of hydrogen-bond donors (Lipinski definition) is 4. The molecule has 4 amide bonds. The van der Waals surface area contributed by atoms with Gasteiger partial charge in [0.15, 0.2) is 0 Å². The number of carbonyl (C=O) groups excluding carboxylic acids is 4. The Morgan fingerprint density at radius 3 is 2.68 bits per heavy atom. The first-order valence-corrected chi connectivity index (χ1v) is 15.1. The van der Waals surface area contributed by atoms with E-state index in [-0.39, 0.29) is 60.5 Å². The lowest BCUT2D eigenvalue weighted by molar-refractivity contribution is -0.141. The van der Waals surface area contributed by atoms with E-state index in [2.05, 4.69) is 34.8 Å². The second kappa shape index (κ2) is 12.6. The second-order valence-corrected chi connectivity index (χ2v) is 12.4. The van der Waals surface area contributed by atoms with Gasteiger partial charge in [-0.15, -0.1) is 0 Å². The molecule has 0 spiro atoms.